The van der Waals surface area contributed by atoms with Gasteiger partial charge in [-0.15, -0.1) is 0 Å². The zero-order chi connectivity index (χ0) is 16.4. The average Bonchev–Trinajstić information content (AvgIpc) is 2.47. The van der Waals surface area contributed by atoms with Crippen LogP contribution in [0.3, 0.4) is 0 Å². The minimum atomic E-state index is -1.12. The third kappa shape index (κ3) is 2.77. The maximum Gasteiger partial charge on any atom is 0.305 e. The van der Waals surface area contributed by atoms with Crippen LogP contribution in [0, 0.1) is 31.9 Å². The lowest BCUT2D eigenvalue weighted by Gasteiger charge is -2.02. The Kier molecular flexibility index (Phi) is 3.89. The van der Waals surface area contributed by atoms with Gasteiger partial charge < -0.3 is 0 Å². The number of halogens is 2. The van der Waals surface area contributed by atoms with Crippen LogP contribution in [-0.4, -0.2) is 15.6 Å². The van der Waals surface area contributed by atoms with E-state index in [0.29, 0.717) is 12.1 Å². The minimum absolute atomic E-state index is 0.242. The van der Waals surface area contributed by atoms with Gasteiger partial charge in [-0.2, -0.15) is 8.78 Å². The van der Waals surface area contributed by atoms with Crippen molar-refractivity contribution < 1.29 is 23.4 Å². The second-order valence-electron chi connectivity index (χ2n) is 4.18. The molecule has 0 saturated heterocycles. The van der Waals surface area contributed by atoms with Crippen molar-refractivity contribution in [2.45, 2.75) is 0 Å². The highest BCUT2D eigenvalue weighted by Crippen LogP contribution is 2.23. The summed E-state index contributed by atoms with van der Waals surface area (Å²) < 4.78 is 26.4. The maximum atomic E-state index is 13.2. The highest BCUT2D eigenvalue weighted by atomic mass is 19.1. The summed E-state index contributed by atoms with van der Waals surface area (Å²) in [7, 11) is 0. The Morgan fingerprint density at radius 2 is 1.18 bits per heavy atom. The molecule has 0 saturated carbocycles. The van der Waals surface area contributed by atoms with E-state index in [0.717, 1.165) is 24.3 Å². The summed E-state index contributed by atoms with van der Waals surface area (Å²) in [6.45, 7) is 0. The van der Waals surface area contributed by atoms with E-state index in [-0.39, 0.29) is 11.1 Å². The van der Waals surface area contributed by atoms with Gasteiger partial charge in [-0.05, 0) is 24.3 Å². The Morgan fingerprint density at radius 3 is 1.50 bits per heavy atom. The smallest absolute Gasteiger partial charge is 0.289 e. The highest BCUT2D eigenvalue weighted by Gasteiger charge is 2.21. The monoisotopic (exact) mass is 308 g/mol. The summed E-state index contributed by atoms with van der Waals surface area (Å²) in [5.74, 6) is -3.07. The zero-order valence-electron chi connectivity index (χ0n) is 10.7. The number of hydrogen-bond acceptors (Lipinski definition) is 5. The van der Waals surface area contributed by atoms with Gasteiger partial charge in [0.15, 0.2) is 5.78 Å². The molecule has 0 amide bonds. The fourth-order valence-electron chi connectivity index (χ4n) is 1.75. The molecule has 2 aromatic carbocycles. The van der Waals surface area contributed by atoms with E-state index < -0.39 is 38.6 Å². The largest absolute Gasteiger partial charge is 0.305 e. The molecule has 0 aliphatic heterocycles. The molecule has 22 heavy (non-hydrogen) atoms. The second kappa shape index (κ2) is 5.64. The van der Waals surface area contributed by atoms with Crippen LogP contribution in [0.4, 0.5) is 20.2 Å². The molecule has 0 heterocycles. The van der Waals surface area contributed by atoms with Crippen LogP contribution in [0.1, 0.15) is 15.9 Å². The fraction of sp³-hybridized carbons (Fsp3) is 0. The quantitative estimate of drug-likeness (QED) is 0.490. The van der Waals surface area contributed by atoms with Crippen LogP contribution in [-0.2, 0) is 0 Å². The summed E-state index contributed by atoms with van der Waals surface area (Å²) in [5.41, 5.74) is -2.28. The van der Waals surface area contributed by atoms with E-state index in [1.54, 1.807) is 0 Å². The molecular formula is C13H6F2N2O5. The van der Waals surface area contributed by atoms with Crippen LogP contribution >= 0.6 is 0 Å². The molecule has 2 rings (SSSR count). The topological polar surface area (TPSA) is 103 Å². The maximum absolute atomic E-state index is 13.2. The Labute approximate surface area is 121 Å². The summed E-state index contributed by atoms with van der Waals surface area (Å²) in [6, 6.07) is 4.91. The fourth-order valence-corrected chi connectivity index (χ4v) is 1.75. The Balaban J connectivity index is 2.49. The van der Waals surface area contributed by atoms with E-state index in [4.69, 9.17) is 0 Å². The molecule has 0 radical (unpaired) electrons. The average molecular weight is 308 g/mol. The molecule has 0 N–H and O–H groups in total. The summed E-state index contributed by atoms with van der Waals surface area (Å²) in [4.78, 5) is 31.4. The van der Waals surface area contributed by atoms with Gasteiger partial charge in [-0.1, -0.05) is 0 Å². The van der Waals surface area contributed by atoms with Gasteiger partial charge in [0, 0.05) is 23.3 Å². The predicted octanol–water partition coefficient (Wildman–Crippen LogP) is 3.01. The number of nitro groups is 2. The molecule has 7 nitrogen and oxygen atoms in total. The first kappa shape index (κ1) is 15.2. The van der Waals surface area contributed by atoms with Gasteiger partial charge in [0.2, 0.25) is 11.6 Å². The third-order valence-corrected chi connectivity index (χ3v) is 2.81. The van der Waals surface area contributed by atoms with Gasteiger partial charge in [0.1, 0.15) is 0 Å². The van der Waals surface area contributed by atoms with E-state index in [1.165, 1.54) is 0 Å². The number of carbonyl (C=O) groups excluding carboxylic acids is 1. The number of nitrogens with zero attached hydrogens (tertiary/aromatic N) is 2. The van der Waals surface area contributed by atoms with Gasteiger partial charge in [-0.25, -0.2) is 0 Å². The third-order valence-electron chi connectivity index (χ3n) is 2.81. The molecule has 0 spiro atoms. The van der Waals surface area contributed by atoms with Crippen LogP contribution < -0.4 is 0 Å². The van der Waals surface area contributed by atoms with Gasteiger partial charge >= 0.3 is 11.4 Å². The zero-order valence-corrected chi connectivity index (χ0v) is 10.7. The number of nitro benzene ring substituents is 2. The van der Waals surface area contributed by atoms with Crippen LogP contribution in [0.15, 0.2) is 36.4 Å². The molecule has 112 valence electrons. The molecule has 0 bridgehead atoms. The summed E-state index contributed by atoms with van der Waals surface area (Å²) >= 11 is 0. The normalized spacial score (nSPS) is 10.3. The first-order chi connectivity index (χ1) is 10.3. The molecule has 0 aliphatic carbocycles. The Morgan fingerprint density at radius 1 is 0.818 bits per heavy atom. The molecule has 0 fully saturated rings. The standard InChI is InChI=1S/C13H6F2N2O5/c14-9-3-1-7(5-11(9)16(19)20)13(18)8-2-4-10(15)12(6-8)17(21)22/h1-6H. The number of benzene rings is 2. The van der Waals surface area contributed by atoms with Crippen molar-refractivity contribution in [2.24, 2.45) is 0 Å². The summed E-state index contributed by atoms with van der Waals surface area (Å²) in [6.07, 6.45) is 0. The van der Waals surface area contributed by atoms with E-state index >= 15 is 0 Å². The molecular weight excluding hydrogens is 302 g/mol. The Bertz CT molecular complexity index is 742. The molecule has 9 heteroatoms. The number of hydrogen-bond donors (Lipinski definition) is 0. The van der Waals surface area contributed by atoms with Crippen LogP contribution in [0.25, 0.3) is 0 Å². The predicted molar refractivity (Wildman–Crippen MR) is 69.5 cm³/mol. The van der Waals surface area contributed by atoms with Crippen molar-refractivity contribution >= 4 is 17.2 Å². The number of carbonyl (C=O) groups is 1. The molecule has 2 aromatic rings. The van der Waals surface area contributed by atoms with Crippen molar-refractivity contribution in [1.29, 1.82) is 0 Å². The number of rotatable bonds is 4. The van der Waals surface area contributed by atoms with Gasteiger partial charge in [0.25, 0.3) is 0 Å². The van der Waals surface area contributed by atoms with Crippen molar-refractivity contribution in [3.8, 4) is 0 Å². The van der Waals surface area contributed by atoms with Crippen molar-refractivity contribution in [3.05, 3.63) is 79.4 Å². The first-order valence-electron chi connectivity index (χ1n) is 5.74. The van der Waals surface area contributed by atoms with Crippen molar-refractivity contribution in [1.82, 2.24) is 0 Å². The minimum Gasteiger partial charge on any atom is -0.289 e. The second-order valence-corrected chi connectivity index (χ2v) is 4.18. The lowest BCUT2D eigenvalue weighted by molar-refractivity contribution is -0.387. The van der Waals surface area contributed by atoms with E-state index in [1.807, 2.05) is 0 Å². The summed E-state index contributed by atoms with van der Waals surface area (Å²) in [5, 5.41) is 21.3. The Hall–Kier alpha value is -3.23. The first-order valence-corrected chi connectivity index (χ1v) is 5.74. The van der Waals surface area contributed by atoms with E-state index in [2.05, 4.69) is 0 Å². The molecule has 0 unspecified atom stereocenters. The highest BCUT2D eigenvalue weighted by molar-refractivity contribution is 6.09. The lowest BCUT2D eigenvalue weighted by Crippen LogP contribution is -2.05. The van der Waals surface area contributed by atoms with Gasteiger partial charge in [0.05, 0.1) is 9.85 Å². The van der Waals surface area contributed by atoms with Crippen LogP contribution in [0.2, 0.25) is 0 Å². The van der Waals surface area contributed by atoms with Crippen molar-refractivity contribution in [2.75, 3.05) is 0 Å². The lowest BCUT2D eigenvalue weighted by atomic mass is 10.0. The SMILES string of the molecule is O=C(c1ccc(F)c([N+](=O)[O-])c1)c1ccc(F)c([N+](=O)[O-])c1. The van der Waals surface area contributed by atoms with Crippen LogP contribution in [0.5, 0.6) is 0 Å². The number of ketones is 1. The van der Waals surface area contributed by atoms with Gasteiger partial charge in [-0.3, -0.25) is 25.0 Å². The molecule has 0 aliphatic rings. The van der Waals surface area contributed by atoms with E-state index in [9.17, 15) is 33.8 Å². The molecule has 0 atom stereocenters. The van der Waals surface area contributed by atoms with Crippen molar-refractivity contribution in [3.63, 3.8) is 0 Å². The molecule has 0 aromatic heterocycles.